The molecule has 2 aromatic heterocycles. The van der Waals surface area contributed by atoms with E-state index in [4.69, 9.17) is 0 Å². The first-order valence-corrected chi connectivity index (χ1v) is 10.8. The highest BCUT2D eigenvalue weighted by molar-refractivity contribution is 5.47. The average molecular weight is 463 g/mol. The molecule has 2 nitrogen and oxygen atoms in total. The van der Waals surface area contributed by atoms with Gasteiger partial charge in [0.2, 0.25) is 0 Å². The van der Waals surface area contributed by atoms with Gasteiger partial charge in [-0.15, -0.1) is 0 Å². The first kappa shape index (κ1) is 24.0. The topological polar surface area (TPSA) is 28.3 Å². The summed E-state index contributed by atoms with van der Waals surface area (Å²) in [5.41, 5.74) is 8.29. The Labute approximate surface area is 203 Å². The smallest absolute Gasteiger partial charge is 0.167 e. The summed E-state index contributed by atoms with van der Waals surface area (Å²) < 4.78 is 0. The fourth-order valence-corrected chi connectivity index (χ4v) is 5.23. The normalized spacial score (nSPS) is 21.6. The third kappa shape index (κ3) is 4.44. The summed E-state index contributed by atoms with van der Waals surface area (Å²) in [6, 6.07) is 27.3. The van der Waals surface area contributed by atoms with Crippen molar-refractivity contribution in [2.24, 2.45) is 0 Å². The predicted octanol–water partition coefficient (Wildman–Crippen LogP) is -0.612. The van der Waals surface area contributed by atoms with E-state index in [1.165, 1.54) is 33.4 Å². The molecule has 1 aliphatic rings. The van der Waals surface area contributed by atoms with Gasteiger partial charge < -0.3 is 24.8 Å². The van der Waals surface area contributed by atoms with Gasteiger partial charge in [-0.1, -0.05) is 59.7 Å². The van der Waals surface area contributed by atoms with Crippen LogP contribution in [0.5, 0.6) is 0 Å². The second-order valence-electron chi connectivity index (χ2n) is 8.59. The number of H-pyrrole nitrogens is 2. The van der Waals surface area contributed by atoms with E-state index < -0.39 is 0 Å². The first-order valence-electron chi connectivity index (χ1n) is 10.8. The van der Waals surface area contributed by atoms with Gasteiger partial charge in [-0.05, 0) is 59.8 Å². The van der Waals surface area contributed by atoms with Crippen LogP contribution in [0.2, 0.25) is 0 Å². The largest absolute Gasteiger partial charge is 1.00 e. The summed E-state index contributed by atoms with van der Waals surface area (Å²) in [4.78, 5) is 6.40. The Morgan fingerprint density at radius 1 is 0.406 bits per heavy atom. The van der Waals surface area contributed by atoms with E-state index >= 15 is 0 Å². The maximum Gasteiger partial charge on any atom is 0.167 e. The number of aromatic nitrogens is 2. The van der Waals surface area contributed by atoms with Gasteiger partial charge in [0, 0.05) is 24.3 Å². The van der Waals surface area contributed by atoms with E-state index in [1.54, 1.807) is 0 Å². The molecule has 164 valence electrons. The number of nitrogens with one attached hydrogen (secondary N) is 2. The van der Waals surface area contributed by atoms with Crippen molar-refractivity contribution in [3.63, 3.8) is 0 Å². The zero-order chi connectivity index (χ0) is 20.5. The second-order valence-corrected chi connectivity index (χ2v) is 8.59. The molecule has 0 atom stereocenters. The maximum atomic E-state index is 3.20. The molecule has 5 rings (SSSR count). The van der Waals surface area contributed by atoms with E-state index in [-0.39, 0.29) is 24.8 Å². The van der Waals surface area contributed by atoms with Crippen LogP contribution in [0.3, 0.4) is 0 Å². The van der Waals surface area contributed by atoms with Crippen molar-refractivity contribution in [2.45, 2.75) is 37.5 Å². The Hall–Kier alpha value is -2.68. The molecule has 4 heteroatoms. The zero-order valence-electron chi connectivity index (χ0n) is 18.3. The summed E-state index contributed by atoms with van der Waals surface area (Å²) in [7, 11) is 0. The molecular weight excluding hydrogens is 435 g/mol. The van der Waals surface area contributed by atoms with Crippen LogP contribution in [0, 0.1) is 13.8 Å². The third-order valence-corrected chi connectivity index (χ3v) is 6.73. The molecule has 2 aromatic carbocycles. The summed E-state index contributed by atoms with van der Waals surface area (Å²) in [6.45, 7) is 4.32. The summed E-state index contributed by atoms with van der Waals surface area (Å²) in [6.07, 6.45) is 8.22. The predicted molar refractivity (Wildman–Crippen MR) is 119 cm³/mol. The van der Waals surface area contributed by atoms with Crippen LogP contribution in [0.4, 0.5) is 0 Å². The van der Waals surface area contributed by atoms with Crippen molar-refractivity contribution < 1.29 is 34.8 Å². The number of rotatable bonds is 4. The lowest BCUT2D eigenvalue weighted by atomic mass is 9.49. The van der Waals surface area contributed by atoms with Crippen LogP contribution >= 0.6 is 0 Å². The Balaban J connectivity index is 0.00000144. The lowest BCUT2D eigenvalue weighted by Crippen LogP contribution is -3.00. The van der Waals surface area contributed by atoms with Crippen molar-refractivity contribution in [2.75, 3.05) is 0 Å². The molecule has 2 N–H and O–H groups in total. The number of benzene rings is 2. The van der Waals surface area contributed by atoms with Gasteiger partial charge in [-0.2, -0.15) is 0 Å². The second kappa shape index (κ2) is 10.3. The Morgan fingerprint density at radius 2 is 0.656 bits per heavy atom. The first-order chi connectivity index (χ1) is 14.7. The van der Waals surface area contributed by atoms with Gasteiger partial charge in [0.1, 0.15) is 0 Å². The van der Waals surface area contributed by atoms with Gasteiger partial charge in [0.25, 0.3) is 0 Å². The van der Waals surface area contributed by atoms with Crippen molar-refractivity contribution >= 4 is 0 Å². The minimum atomic E-state index is 0. The maximum absolute atomic E-state index is 3.20. The molecule has 32 heavy (non-hydrogen) atoms. The molecule has 0 unspecified atom stereocenters. The van der Waals surface area contributed by atoms with Crippen molar-refractivity contribution in [1.82, 2.24) is 0 Å². The molecule has 0 aliphatic heterocycles. The Bertz CT molecular complexity index is 1010. The van der Waals surface area contributed by atoms with E-state index in [2.05, 4.69) is 121 Å². The molecule has 1 saturated carbocycles. The van der Waals surface area contributed by atoms with Crippen LogP contribution in [0.1, 0.15) is 57.1 Å². The van der Waals surface area contributed by atoms with Crippen molar-refractivity contribution in [3.8, 4) is 0 Å². The molecule has 0 amide bonds. The molecule has 2 heterocycles. The molecule has 0 radical (unpaired) electrons. The van der Waals surface area contributed by atoms with Crippen LogP contribution in [-0.2, 0) is 0 Å². The molecular formula is C28H28Cl2N2. The number of hydrogen-bond acceptors (Lipinski definition) is 0. The van der Waals surface area contributed by atoms with Crippen LogP contribution in [0.25, 0.3) is 0 Å². The van der Waals surface area contributed by atoms with Gasteiger partial charge in [0.15, 0.2) is 24.8 Å². The highest BCUT2D eigenvalue weighted by atomic mass is 35.5. The number of aryl methyl sites for hydroxylation is 2. The number of aromatic amines is 2. The van der Waals surface area contributed by atoms with Gasteiger partial charge in [-0.25, -0.2) is 9.97 Å². The monoisotopic (exact) mass is 462 g/mol. The van der Waals surface area contributed by atoms with Crippen LogP contribution < -0.4 is 34.8 Å². The number of pyridine rings is 2. The van der Waals surface area contributed by atoms with Crippen molar-refractivity contribution in [3.05, 3.63) is 131 Å². The molecule has 1 fully saturated rings. The highest BCUT2D eigenvalue weighted by Gasteiger charge is 2.52. The van der Waals surface area contributed by atoms with E-state index in [0.717, 1.165) is 0 Å². The van der Waals surface area contributed by atoms with Gasteiger partial charge in [-0.3, -0.25) is 0 Å². The van der Waals surface area contributed by atoms with Crippen molar-refractivity contribution in [1.29, 1.82) is 0 Å². The van der Waals surface area contributed by atoms with Crippen LogP contribution in [0.15, 0.2) is 97.6 Å². The number of halogens is 2. The summed E-state index contributed by atoms with van der Waals surface area (Å²) in [5.74, 6) is 1.78. The molecule has 0 spiro atoms. The third-order valence-electron chi connectivity index (χ3n) is 6.73. The Morgan fingerprint density at radius 3 is 0.938 bits per heavy atom. The number of hydrogen-bond donors (Lipinski definition) is 0. The SMILES string of the molecule is Cc1ccc(C2C(c3cc[nH+]cc3)C(c3ccc(C)cc3)C2c2cc[nH+]cc2)cc1.[Cl-].[Cl-]. The van der Waals surface area contributed by atoms with E-state index in [0.29, 0.717) is 23.7 Å². The minimum absolute atomic E-state index is 0. The quantitative estimate of drug-likeness (QED) is 0.387. The minimum Gasteiger partial charge on any atom is -1.00 e. The van der Waals surface area contributed by atoms with E-state index in [1.807, 2.05) is 0 Å². The van der Waals surface area contributed by atoms with Gasteiger partial charge >= 0.3 is 0 Å². The molecule has 4 aromatic rings. The Kier molecular flexibility index (Phi) is 7.71. The lowest BCUT2D eigenvalue weighted by molar-refractivity contribution is -0.378. The summed E-state index contributed by atoms with van der Waals surface area (Å²) >= 11 is 0. The standard InChI is InChI=1S/C28H26N2.2ClH/c1-19-3-7-21(8-4-19)25-27(23-11-15-29-16-12-23)26(22-9-5-20(2)6-10-22)28(25)24-13-17-30-18-14-24;;/h3-18,25-28H,1-2H3;2*1H. The molecule has 0 bridgehead atoms. The summed E-state index contributed by atoms with van der Waals surface area (Å²) in [5, 5.41) is 0. The molecule has 1 aliphatic carbocycles. The lowest BCUT2D eigenvalue weighted by Gasteiger charge is -2.53. The van der Waals surface area contributed by atoms with E-state index in [9.17, 15) is 0 Å². The molecule has 0 saturated heterocycles. The van der Waals surface area contributed by atoms with Gasteiger partial charge in [0.05, 0.1) is 0 Å². The highest BCUT2D eigenvalue weighted by Crippen LogP contribution is 2.66. The fourth-order valence-electron chi connectivity index (χ4n) is 5.23. The fraction of sp³-hybridized carbons (Fsp3) is 0.214. The van der Waals surface area contributed by atoms with Crippen LogP contribution in [-0.4, -0.2) is 0 Å². The average Bonchev–Trinajstić information content (AvgIpc) is 2.77. The zero-order valence-corrected chi connectivity index (χ0v) is 19.8.